The molecule has 2 amide bonds. The molecule has 2 rings (SSSR count). The standard InChI is InChI=1S/C22H24N4O2/c1-4-16-8-6-9-17(5-2)21(16)26-22(28)18(13-23)14-24-19-10-7-11-20(12-19)25-15(3)27/h6-12,14,24H,4-5H2,1-3H3,(H,25,27)(H,26,28)/b18-14-. The fraction of sp³-hybridized carbons (Fsp3) is 0.227. The molecule has 28 heavy (non-hydrogen) atoms. The highest BCUT2D eigenvalue weighted by Gasteiger charge is 2.14. The van der Waals surface area contributed by atoms with Gasteiger partial charge in [-0.15, -0.1) is 0 Å². The average Bonchev–Trinajstić information content (AvgIpc) is 2.68. The molecule has 0 aliphatic carbocycles. The van der Waals surface area contributed by atoms with Crippen molar-refractivity contribution in [3.8, 4) is 6.07 Å². The quantitative estimate of drug-likeness (QED) is 0.498. The Labute approximate surface area is 165 Å². The zero-order valence-corrected chi connectivity index (χ0v) is 16.3. The molecule has 2 aromatic rings. The van der Waals surface area contributed by atoms with Gasteiger partial charge in [0.15, 0.2) is 0 Å². The molecule has 0 aromatic heterocycles. The zero-order chi connectivity index (χ0) is 20.5. The number of rotatable bonds is 7. The lowest BCUT2D eigenvalue weighted by molar-refractivity contribution is -0.114. The number of carbonyl (C=O) groups excluding carboxylic acids is 2. The van der Waals surface area contributed by atoms with Crippen LogP contribution in [0.5, 0.6) is 0 Å². The van der Waals surface area contributed by atoms with Crippen molar-refractivity contribution in [3.63, 3.8) is 0 Å². The van der Waals surface area contributed by atoms with E-state index in [4.69, 9.17) is 0 Å². The van der Waals surface area contributed by atoms with E-state index in [0.717, 1.165) is 29.7 Å². The Bertz CT molecular complexity index is 920. The van der Waals surface area contributed by atoms with Gasteiger partial charge in [-0.25, -0.2) is 0 Å². The molecule has 0 saturated carbocycles. The molecule has 0 heterocycles. The van der Waals surface area contributed by atoms with Crippen molar-refractivity contribution in [3.05, 3.63) is 65.4 Å². The minimum Gasteiger partial charge on any atom is -0.360 e. The first-order valence-corrected chi connectivity index (χ1v) is 9.15. The van der Waals surface area contributed by atoms with Crippen LogP contribution < -0.4 is 16.0 Å². The molecular weight excluding hydrogens is 352 g/mol. The Hall–Kier alpha value is -3.59. The van der Waals surface area contributed by atoms with E-state index in [1.807, 2.05) is 38.1 Å². The smallest absolute Gasteiger partial charge is 0.267 e. The summed E-state index contributed by atoms with van der Waals surface area (Å²) < 4.78 is 0. The zero-order valence-electron chi connectivity index (χ0n) is 16.3. The summed E-state index contributed by atoms with van der Waals surface area (Å²) in [6.07, 6.45) is 2.93. The SMILES string of the molecule is CCc1cccc(CC)c1NC(=O)/C(C#N)=C\Nc1cccc(NC(C)=O)c1. The van der Waals surface area contributed by atoms with E-state index in [1.54, 1.807) is 24.3 Å². The van der Waals surface area contributed by atoms with Crippen molar-refractivity contribution in [1.29, 1.82) is 5.26 Å². The maximum atomic E-state index is 12.6. The summed E-state index contributed by atoms with van der Waals surface area (Å²) in [5.74, 6) is -0.644. The second-order valence-electron chi connectivity index (χ2n) is 6.19. The molecule has 0 unspecified atom stereocenters. The highest BCUT2D eigenvalue weighted by Crippen LogP contribution is 2.23. The molecule has 0 atom stereocenters. The topological polar surface area (TPSA) is 94.0 Å². The van der Waals surface area contributed by atoms with Gasteiger partial charge < -0.3 is 16.0 Å². The van der Waals surface area contributed by atoms with Gasteiger partial charge in [0, 0.05) is 30.2 Å². The second-order valence-corrected chi connectivity index (χ2v) is 6.19. The van der Waals surface area contributed by atoms with E-state index in [9.17, 15) is 14.9 Å². The number of hydrogen-bond acceptors (Lipinski definition) is 4. The van der Waals surface area contributed by atoms with E-state index in [0.29, 0.717) is 11.4 Å². The first kappa shape index (κ1) is 20.7. The maximum Gasteiger partial charge on any atom is 0.267 e. The van der Waals surface area contributed by atoms with Crippen LogP contribution in [-0.2, 0) is 22.4 Å². The Morgan fingerprint density at radius 1 is 1.00 bits per heavy atom. The molecule has 6 nitrogen and oxygen atoms in total. The van der Waals surface area contributed by atoms with Gasteiger partial charge in [0.25, 0.3) is 5.91 Å². The molecule has 0 bridgehead atoms. The third-order valence-electron chi connectivity index (χ3n) is 4.17. The van der Waals surface area contributed by atoms with Crippen molar-refractivity contribution in [1.82, 2.24) is 0 Å². The molecule has 2 aromatic carbocycles. The number of nitrogens with zero attached hydrogens (tertiary/aromatic N) is 1. The van der Waals surface area contributed by atoms with Crippen LogP contribution in [0, 0.1) is 11.3 Å². The summed E-state index contributed by atoms with van der Waals surface area (Å²) >= 11 is 0. The van der Waals surface area contributed by atoms with Crippen LogP contribution in [0.2, 0.25) is 0 Å². The van der Waals surface area contributed by atoms with Crippen molar-refractivity contribution in [2.75, 3.05) is 16.0 Å². The summed E-state index contributed by atoms with van der Waals surface area (Å²) in [5.41, 5.74) is 4.06. The van der Waals surface area contributed by atoms with Crippen LogP contribution in [0.1, 0.15) is 31.9 Å². The molecule has 0 aliphatic rings. The molecule has 3 N–H and O–H groups in total. The molecule has 6 heteroatoms. The lowest BCUT2D eigenvalue weighted by Crippen LogP contribution is -2.17. The fourth-order valence-corrected chi connectivity index (χ4v) is 2.78. The van der Waals surface area contributed by atoms with Gasteiger partial charge in [-0.2, -0.15) is 5.26 Å². The highest BCUT2D eigenvalue weighted by atomic mass is 16.2. The molecule has 144 valence electrons. The van der Waals surface area contributed by atoms with E-state index < -0.39 is 5.91 Å². The number of para-hydroxylation sites is 1. The Morgan fingerprint density at radius 2 is 1.61 bits per heavy atom. The van der Waals surface area contributed by atoms with Crippen LogP contribution in [0.4, 0.5) is 17.1 Å². The first-order chi connectivity index (χ1) is 13.5. The molecular formula is C22H24N4O2. The predicted octanol–water partition coefficient (Wildman–Crippen LogP) is 4.23. The van der Waals surface area contributed by atoms with Crippen LogP contribution in [0.15, 0.2) is 54.2 Å². The van der Waals surface area contributed by atoms with Crippen molar-refractivity contribution >= 4 is 28.9 Å². The number of hydrogen-bond donors (Lipinski definition) is 3. The van der Waals surface area contributed by atoms with Crippen LogP contribution >= 0.6 is 0 Å². The fourth-order valence-electron chi connectivity index (χ4n) is 2.78. The monoisotopic (exact) mass is 376 g/mol. The third kappa shape index (κ3) is 5.45. The van der Waals surface area contributed by atoms with Gasteiger partial charge in [-0.3, -0.25) is 9.59 Å². The van der Waals surface area contributed by atoms with E-state index in [2.05, 4.69) is 16.0 Å². The van der Waals surface area contributed by atoms with Gasteiger partial charge in [-0.05, 0) is 42.2 Å². The predicted molar refractivity (Wildman–Crippen MR) is 112 cm³/mol. The first-order valence-electron chi connectivity index (χ1n) is 9.15. The number of anilines is 3. The van der Waals surface area contributed by atoms with Gasteiger partial charge in [0.2, 0.25) is 5.91 Å². The Balaban J connectivity index is 2.19. The minimum absolute atomic E-state index is 0.0436. The van der Waals surface area contributed by atoms with Gasteiger partial charge in [0.1, 0.15) is 11.6 Å². The molecule has 0 fully saturated rings. The lowest BCUT2D eigenvalue weighted by atomic mass is 10.0. The van der Waals surface area contributed by atoms with E-state index in [1.165, 1.54) is 13.1 Å². The van der Waals surface area contributed by atoms with E-state index >= 15 is 0 Å². The number of aryl methyl sites for hydroxylation is 2. The molecule has 0 radical (unpaired) electrons. The summed E-state index contributed by atoms with van der Waals surface area (Å²) in [4.78, 5) is 23.8. The highest BCUT2D eigenvalue weighted by molar-refractivity contribution is 6.07. The average molecular weight is 376 g/mol. The summed E-state index contributed by atoms with van der Waals surface area (Å²) in [6, 6.07) is 14.8. The van der Waals surface area contributed by atoms with Crippen molar-refractivity contribution < 1.29 is 9.59 Å². The van der Waals surface area contributed by atoms with E-state index in [-0.39, 0.29) is 11.5 Å². The Kier molecular flexibility index (Phi) is 7.35. The normalized spacial score (nSPS) is 10.7. The largest absolute Gasteiger partial charge is 0.360 e. The lowest BCUT2D eigenvalue weighted by Gasteiger charge is -2.14. The Morgan fingerprint density at radius 3 is 2.18 bits per heavy atom. The number of carbonyl (C=O) groups is 2. The van der Waals surface area contributed by atoms with Crippen molar-refractivity contribution in [2.24, 2.45) is 0 Å². The maximum absolute atomic E-state index is 12.6. The summed E-state index contributed by atoms with van der Waals surface area (Å²) in [6.45, 7) is 5.47. The number of nitrogens with one attached hydrogen (secondary N) is 3. The second kappa shape index (κ2) is 9.93. The number of amides is 2. The molecule has 0 spiro atoms. The van der Waals surface area contributed by atoms with Crippen LogP contribution in [0.3, 0.4) is 0 Å². The van der Waals surface area contributed by atoms with Gasteiger partial charge in [-0.1, -0.05) is 38.1 Å². The molecule has 0 saturated heterocycles. The van der Waals surface area contributed by atoms with Crippen molar-refractivity contribution in [2.45, 2.75) is 33.6 Å². The van der Waals surface area contributed by atoms with Crippen LogP contribution in [-0.4, -0.2) is 11.8 Å². The summed E-state index contributed by atoms with van der Waals surface area (Å²) in [5, 5.41) is 17.9. The third-order valence-corrected chi connectivity index (χ3v) is 4.17. The summed E-state index contributed by atoms with van der Waals surface area (Å²) in [7, 11) is 0. The number of benzene rings is 2. The molecule has 0 aliphatic heterocycles. The number of nitriles is 1. The van der Waals surface area contributed by atoms with Gasteiger partial charge in [0.05, 0.1) is 0 Å². The minimum atomic E-state index is -0.469. The van der Waals surface area contributed by atoms with Crippen LogP contribution in [0.25, 0.3) is 0 Å². The van der Waals surface area contributed by atoms with Gasteiger partial charge >= 0.3 is 0 Å².